The molecule has 1 unspecified atom stereocenters. The lowest BCUT2D eigenvalue weighted by Gasteiger charge is -2.17. The van der Waals surface area contributed by atoms with E-state index in [4.69, 9.17) is 10.00 Å². The quantitative estimate of drug-likeness (QED) is 0.530. The summed E-state index contributed by atoms with van der Waals surface area (Å²) < 4.78 is 15.4. The third kappa shape index (κ3) is 1.24. The van der Waals surface area contributed by atoms with E-state index in [0.717, 1.165) is 5.82 Å². The Morgan fingerprint density at radius 1 is 1.70 bits per heavy atom. The van der Waals surface area contributed by atoms with Crippen LogP contribution in [0.2, 0.25) is 0 Å². The molecule has 0 fully saturated rings. The number of hydrogen-bond acceptors (Lipinski definition) is 3. The maximum absolute atomic E-state index is 10.7. The van der Waals surface area contributed by atoms with Gasteiger partial charge in [0.05, 0.1) is 5.82 Å². The van der Waals surface area contributed by atoms with Gasteiger partial charge in [-0.3, -0.25) is 9.09 Å². The third-order valence-corrected chi connectivity index (χ3v) is 2.55. The molecule has 0 saturated carbocycles. The van der Waals surface area contributed by atoms with Gasteiger partial charge in [-0.2, -0.15) is 0 Å². The van der Waals surface area contributed by atoms with Crippen LogP contribution in [0, 0.1) is 0 Å². The minimum atomic E-state index is -3.63. The highest BCUT2D eigenvalue weighted by atomic mass is 31.2. The molecular formula is C5H9O4P. The lowest BCUT2D eigenvalue weighted by molar-refractivity contribution is 0.101. The molecule has 1 heterocycles. The van der Waals surface area contributed by atoms with E-state index in [-0.39, 0.29) is 5.76 Å². The van der Waals surface area contributed by atoms with Crippen LogP contribution in [0.1, 0.15) is 13.8 Å². The zero-order valence-corrected chi connectivity index (χ0v) is 6.63. The van der Waals surface area contributed by atoms with E-state index in [1.165, 1.54) is 13.8 Å². The van der Waals surface area contributed by atoms with Crippen molar-refractivity contribution < 1.29 is 19.1 Å². The molecule has 0 bridgehead atoms. The minimum absolute atomic E-state index is 0.182. The molecule has 0 spiro atoms. The van der Waals surface area contributed by atoms with Crippen molar-refractivity contribution in [1.29, 1.82) is 0 Å². The average Bonchev–Trinajstić information content (AvgIpc) is 1.73. The van der Waals surface area contributed by atoms with E-state index in [1.54, 1.807) is 0 Å². The monoisotopic (exact) mass is 164 g/mol. The Morgan fingerprint density at radius 2 is 2.20 bits per heavy atom. The van der Waals surface area contributed by atoms with Crippen LogP contribution in [-0.4, -0.2) is 15.6 Å². The molecule has 58 valence electrons. The summed E-state index contributed by atoms with van der Waals surface area (Å²) in [5.41, 5.74) is -1.01. The summed E-state index contributed by atoms with van der Waals surface area (Å²) in [4.78, 5) is 8.80. The average molecular weight is 164 g/mol. The van der Waals surface area contributed by atoms with Gasteiger partial charge < -0.3 is 10.00 Å². The van der Waals surface area contributed by atoms with Crippen molar-refractivity contribution in [3.8, 4) is 0 Å². The van der Waals surface area contributed by atoms with Crippen molar-refractivity contribution in [2.24, 2.45) is 0 Å². The van der Waals surface area contributed by atoms with Crippen LogP contribution in [0.15, 0.2) is 11.6 Å². The molecule has 2 N–H and O–H groups in total. The molecule has 0 saturated heterocycles. The van der Waals surface area contributed by atoms with Crippen LogP contribution < -0.4 is 0 Å². The summed E-state index contributed by atoms with van der Waals surface area (Å²) >= 11 is 0. The van der Waals surface area contributed by atoms with E-state index in [1.807, 2.05) is 0 Å². The topological polar surface area (TPSA) is 66.8 Å². The van der Waals surface area contributed by atoms with Gasteiger partial charge in [-0.1, -0.05) is 0 Å². The zero-order chi connectivity index (χ0) is 7.99. The Balaban J connectivity index is 3.00. The highest BCUT2D eigenvalue weighted by Crippen LogP contribution is 2.55. The Hall–Kier alpha value is -0.310. The lowest BCUT2D eigenvalue weighted by Crippen LogP contribution is -2.20. The standard InChI is InChI=1S/C5H9O4P/c1-5(2)4(6)3-10(7,8)9-5/h3,6H,1-2H3,(H,7,8). The zero-order valence-electron chi connectivity index (χ0n) is 5.74. The van der Waals surface area contributed by atoms with Crippen molar-refractivity contribution >= 4 is 7.60 Å². The highest BCUT2D eigenvalue weighted by molar-refractivity contribution is 7.56. The minimum Gasteiger partial charge on any atom is -0.509 e. The Labute approximate surface area is 58.7 Å². The molecule has 0 radical (unpaired) electrons. The fourth-order valence-corrected chi connectivity index (χ4v) is 2.13. The van der Waals surface area contributed by atoms with E-state index in [9.17, 15) is 4.57 Å². The second-order valence-electron chi connectivity index (χ2n) is 2.68. The van der Waals surface area contributed by atoms with Gasteiger partial charge in [0.2, 0.25) is 0 Å². The van der Waals surface area contributed by atoms with Crippen LogP contribution in [0.5, 0.6) is 0 Å². The molecular weight excluding hydrogens is 155 g/mol. The Morgan fingerprint density at radius 3 is 2.30 bits per heavy atom. The maximum Gasteiger partial charge on any atom is 0.356 e. The Kier molecular flexibility index (Phi) is 1.44. The first-order valence-corrected chi connectivity index (χ1v) is 4.44. The summed E-state index contributed by atoms with van der Waals surface area (Å²) in [7, 11) is -3.63. The summed E-state index contributed by atoms with van der Waals surface area (Å²) in [5, 5.41) is 9.00. The molecule has 5 heteroatoms. The molecule has 0 amide bonds. The van der Waals surface area contributed by atoms with Crippen LogP contribution >= 0.6 is 7.60 Å². The van der Waals surface area contributed by atoms with Crippen molar-refractivity contribution in [1.82, 2.24) is 0 Å². The van der Waals surface area contributed by atoms with Gasteiger partial charge in [-0.15, -0.1) is 0 Å². The smallest absolute Gasteiger partial charge is 0.356 e. The van der Waals surface area contributed by atoms with Gasteiger partial charge in [0, 0.05) is 0 Å². The van der Waals surface area contributed by atoms with Gasteiger partial charge in [-0.05, 0) is 13.8 Å². The number of aliphatic hydroxyl groups is 1. The fourth-order valence-electron chi connectivity index (χ4n) is 0.710. The van der Waals surface area contributed by atoms with Crippen molar-refractivity contribution in [2.45, 2.75) is 19.4 Å². The molecule has 1 aliphatic heterocycles. The molecule has 1 rings (SSSR count). The SMILES string of the molecule is CC1(C)OP(=O)(O)C=C1O. The van der Waals surface area contributed by atoms with Crippen LogP contribution in [0.25, 0.3) is 0 Å². The Bertz CT molecular complexity index is 230. The van der Waals surface area contributed by atoms with Crippen LogP contribution in [0.3, 0.4) is 0 Å². The van der Waals surface area contributed by atoms with Crippen molar-refractivity contribution in [3.63, 3.8) is 0 Å². The van der Waals surface area contributed by atoms with E-state index < -0.39 is 13.2 Å². The van der Waals surface area contributed by atoms with E-state index in [2.05, 4.69) is 4.52 Å². The fraction of sp³-hybridized carbons (Fsp3) is 0.600. The van der Waals surface area contributed by atoms with Crippen molar-refractivity contribution in [2.75, 3.05) is 0 Å². The van der Waals surface area contributed by atoms with Gasteiger partial charge in [0.15, 0.2) is 0 Å². The summed E-state index contributed by atoms with van der Waals surface area (Å²) in [6.45, 7) is 3.05. The normalized spacial score (nSPS) is 37.7. The van der Waals surface area contributed by atoms with E-state index in [0.29, 0.717) is 0 Å². The number of hydrogen-bond donors (Lipinski definition) is 2. The second-order valence-corrected chi connectivity index (χ2v) is 4.25. The molecule has 10 heavy (non-hydrogen) atoms. The van der Waals surface area contributed by atoms with Crippen LogP contribution in [-0.2, 0) is 9.09 Å². The summed E-state index contributed by atoms with van der Waals surface area (Å²) in [5.74, 6) is 0.672. The largest absolute Gasteiger partial charge is 0.509 e. The van der Waals surface area contributed by atoms with Gasteiger partial charge >= 0.3 is 7.60 Å². The lowest BCUT2D eigenvalue weighted by atomic mass is 10.1. The predicted octanol–water partition coefficient (Wildman–Crippen LogP) is 1.38. The van der Waals surface area contributed by atoms with Gasteiger partial charge in [0.25, 0.3) is 0 Å². The molecule has 0 aromatic carbocycles. The molecule has 0 aromatic heterocycles. The summed E-state index contributed by atoms with van der Waals surface area (Å²) in [6, 6.07) is 0. The van der Waals surface area contributed by atoms with Gasteiger partial charge in [-0.25, -0.2) is 0 Å². The predicted molar refractivity (Wildman–Crippen MR) is 35.7 cm³/mol. The third-order valence-electron chi connectivity index (χ3n) is 1.26. The second kappa shape index (κ2) is 1.84. The molecule has 0 aliphatic carbocycles. The highest BCUT2D eigenvalue weighted by Gasteiger charge is 2.40. The molecule has 4 nitrogen and oxygen atoms in total. The van der Waals surface area contributed by atoms with Gasteiger partial charge in [0.1, 0.15) is 11.4 Å². The maximum atomic E-state index is 10.7. The first kappa shape index (κ1) is 7.79. The van der Waals surface area contributed by atoms with Crippen LogP contribution in [0.4, 0.5) is 0 Å². The van der Waals surface area contributed by atoms with Crippen molar-refractivity contribution in [3.05, 3.63) is 11.6 Å². The first-order valence-electron chi connectivity index (χ1n) is 2.79. The summed E-state index contributed by atoms with van der Waals surface area (Å²) in [6.07, 6.45) is 0. The molecule has 1 atom stereocenters. The molecule has 1 aliphatic rings. The number of rotatable bonds is 0. The number of aliphatic hydroxyl groups excluding tert-OH is 1. The van der Waals surface area contributed by atoms with E-state index >= 15 is 0 Å². The molecule has 0 aromatic rings. The first-order chi connectivity index (χ1) is 4.33.